The maximum atomic E-state index is 4.04. The Morgan fingerprint density at radius 2 is 1.52 bits per heavy atom. The van der Waals surface area contributed by atoms with Crippen molar-refractivity contribution >= 4 is 0 Å². The molecule has 0 bridgehead atoms. The third kappa shape index (κ3) is 4.61. The molecule has 0 saturated carbocycles. The third-order valence-corrected chi connectivity index (χ3v) is 5.61. The van der Waals surface area contributed by atoms with E-state index < -0.39 is 0 Å². The number of aryl methyl sites for hydroxylation is 2. The first-order chi connectivity index (χ1) is 13.3. The molecule has 0 spiro atoms. The summed E-state index contributed by atoms with van der Waals surface area (Å²) >= 11 is 0. The van der Waals surface area contributed by atoms with Crippen LogP contribution in [0.3, 0.4) is 0 Å². The third-order valence-electron chi connectivity index (χ3n) is 5.61. The lowest BCUT2D eigenvalue weighted by atomic mass is 10.0. The van der Waals surface area contributed by atoms with Crippen LogP contribution in [0.2, 0.25) is 0 Å². The number of nitrogens with zero attached hydrogens (tertiary/aromatic N) is 5. The molecular formula is C22H27N5. The molecule has 27 heavy (non-hydrogen) atoms. The fourth-order valence-corrected chi connectivity index (χ4v) is 3.85. The molecule has 1 fully saturated rings. The van der Waals surface area contributed by atoms with Gasteiger partial charge in [-0.25, -0.2) is 0 Å². The van der Waals surface area contributed by atoms with Gasteiger partial charge in [0, 0.05) is 12.6 Å². The van der Waals surface area contributed by atoms with Gasteiger partial charge in [0.05, 0.1) is 6.54 Å². The summed E-state index contributed by atoms with van der Waals surface area (Å²) in [4.78, 5) is 4.23. The fraction of sp³-hybridized carbons (Fsp3) is 0.409. The van der Waals surface area contributed by atoms with Gasteiger partial charge in [-0.15, -0.1) is 10.2 Å². The molecule has 140 valence electrons. The second-order valence-corrected chi connectivity index (χ2v) is 7.45. The molecule has 0 N–H and O–H groups in total. The van der Waals surface area contributed by atoms with Crippen LogP contribution in [0.4, 0.5) is 0 Å². The Kier molecular flexibility index (Phi) is 5.58. The number of rotatable bonds is 7. The molecule has 2 aromatic carbocycles. The van der Waals surface area contributed by atoms with Crippen LogP contribution in [0.15, 0.2) is 54.9 Å². The maximum absolute atomic E-state index is 4.04. The number of tetrazole rings is 1. The Morgan fingerprint density at radius 3 is 2.04 bits per heavy atom. The molecule has 0 aliphatic carbocycles. The molecule has 0 amide bonds. The monoisotopic (exact) mass is 361 g/mol. The van der Waals surface area contributed by atoms with Crippen LogP contribution < -0.4 is 0 Å². The number of hydrogen-bond donors (Lipinski definition) is 0. The molecule has 2 heterocycles. The molecule has 5 heteroatoms. The van der Waals surface area contributed by atoms with Crippen molar-refractivity contribution in [1.29, 1.82) is 0 Å². The highest BCUT2D eigenvalue weighted by atomic mass is 15.6. The van der Waals surface area contributed by atoms with E-state index in [1.54, 1.807) is 4.80 Å². The van der Waals surface area contributed by atoms with Crippen molar-refractivity contribution in [3.8, 4) is 11.1 Å². The minimum atomic E-state index is 0.753. The molecule has 1 aliphatic rings. The van der Waals surface area contributed by atoms with Gasteiger partial charge in [-0.05, 0) is 66.6 Å². The van der Waals surface area contributed by atoms with E-state index in [1.165, 1.54) is 54.5 Å². The quantitative estimate of drug-likeness (QED) is 0.645. The fourth-order valence-electron chi connectivity index (χ4n) is 3.85. The molecule has 1 aliphatic heterocycles. The lowest BCUT2D eigenvalue weighted by Crippen LogP contribution is -2.28. The summed E-state index contributed by atoms with van der Waals surface area (Å²) in [5.41, 5.74) is 5.25. The minimum Gasteiger partial charge on any atom is -0.300 e. The lowest BCUT2D eigenvalue weighted by molar-refractivity contribution is 0.272. The molecule has 3 aromatic rings. The SMILES string of the molecule is CC1CCCN1CCc1ccc(-c2ccc(CCn3ncnn3)cc2)cc1. The topological polar surface area (TPSA) is 46.8 Å². The summed E-state index contributed by atoms with van der Waals surface area (Å²) in [6.07, 6.45) is 6.22. The van der Waals surface area contributed by atoms with Gasteiger partial charge in [0.2, 0.25) is 0 Å². The highest BCUT2D eigenvalue weighted by molar-refractivity contribution is 5.64. The Bertz CT molecular complexity index is 824. The van der Waals surface area contributed by atoms with Crippen molar-refractivity contribution in [2.75, 3.05) is 13.1 Å². The van der Waals surface area contributed by atoms with E-state index in [0.717, 1.165) is 25.4 Å². The number of likely N-dealkylation sites (tertiary alicyclic amines) is 1. The van der Waals surface area contributed by atoms with Crippen molar-refractivity contribution in [2.45, 2.75) is 45.2 Å². The molecule has 5 nitrogen and oxygen atoms in total. The summed E-state index contributed by atoms with van der Waals surface area (Å²) in [6.45, 7) is 5.54. The van der Waals surface area contributed by atoms with Crippen molar-refractivity contribution in [3.05, 3.63) is 66.0 Å². The zero-order valence-electron chi connectivity index (χ0n) is 16.0. The molecule has 1 unspecified atom stereocenters. The smallest absolute Gasteiger partial charge is 0.162 e. The van der Waals surface area contributed by atoms with Crippen molar-refractivity contribution in [2.24, 2.45) is 0 Å². The molecule has 1 atom stereocenters. The summed E-state index contributed by atoms with van der Waals surface area (Å²) in [6, 6.07) is 18.6. The van der Waals surface area contributed by atoms with Crippen LogP contribution in [0.25, 0.3) is 11.1 Å². The van der Waals surface area contributed by atoms with Crippen molar-refractivity contribution in [3.63, 3.8) is 0 Å². The Labute approximate surface area is 161 Å². The molecule has 4 rings (SSSR count). The first-order valence-corrected chi connectivity index (χ1v) is 9.91. The normalized spacial score (nSPS) is 17.4. The van der Waals surface area contributed by atoms with Crippen LogP contribution in [-0.2, 0) is 19.4 Å². The highest BCUT2D eigenvalue weighted by Gasteiger charge is 2.19. The van der Waals surface area contributed by atoms with E-state index in [0.29, 0.717) is 0 Å². The average molecular weight is 361 g/mol. The Morgan fingerprint density at radius 1 is 0.889 bits per heavy atom. The van der Waals surface area contributed by atoms with Gasteiger partial charge < -0.3 is 4.90 Å². The summed E-state index contributed by atoms with van der Waals surface area (Å²) in [7, 11) is 0. The van der Waals surface area contributed by atoms with E-state index in [4.69, 9.17) is 0 Å². The highest BCUT2D eigenvalue weighted by Crippen LogP contribution is 2.22. The molecular weight excluding hydrogens is 334 g/mol. The summed E-state index contributed by atoms with van der Waals surface area (Å²) in [5, 5.41) is 11.7. The van der Waals surface area contributed by atoms with Gasteiger partial charge in [-0.3, -0.25) is 0 Å². The Hall–Kier alpha value is -2.53. The zero-order valence-corrected chi connectivity index (χ0v) is 16.0. The van der Waals surface area contributed by atoms with Gasteiger partial charge >= 0.3 is 0 Å². The summed E-state index contributed by atoms with van der Waals surface area (Å²) in [5.74, 6) is 0. The largest absolute Gasteiger partial charge is 0.300 e. The minimum absolute atomic E-state index is 0.753. The van der Waals surface area contributed by atoms with Crippen LogP contribution in [0, 0.1) is 0 Å². The molecule has 1 aromatic heterocycles. The number of benzene rings is 2. The Balaban J connectivity index is 1.32. The molecule has 1 saturated heterocycles. The van der Waals surface area contributed by atoms with Gasteiger partial charge in [0.25, 0.3) is 0 Å². The second kappa shape index (κ2) is 8.44. The second-order valence-electron chi connectivity index (χ2n) is 7.45. The van der Waals surface area contributed by atoms with Gasteiger partial charge in [-0.2, -0.15) is 4.80 Å². The standard InChI is InChI=1S/C22H27N5/c1-18-3-2-14-26(18)15-12-19-4-8-21(9-5-19)22-10-6-20(7-11-22)13-16-27-24-17-23-25-27/h4-11,17-18H,2-3,12-16H2,1H3. The van der Waals surface area contributed by atoms with Crippen molar-refractivity contribution in [1.82, 2.24) is 25.1 Å². The maximum Gasteiger partial charge on any atom is 0.162 e. The van der Waals surface area contributed by atoms with E-state index in [1.807, 2.05) is 0 Å². The van der Waals surface area contributed by atoms with E-state index in [2.05, 4.69) is 75.8 Å². The van der Waals surface area contributed by atoms with E-state index in [9.17, 15) is 0 Å². The lowest BCUT2D eigenvalue weighted by Gasteiger charge is -2.20. The number of aromatic nitrogens is 4. The van der Waals surface area contributed by atoms with Crippen LogP contribution in [0.5, 0.6) is 0 Å². The summed E-state index contributed by atoms with van der Waals surface area (Å²) < 4.78 is 0. The van der Waals surface area contributed by atoms with Crippen LogP contribution in [0.1, 0.15) is 30.9 Å². The van der Waals surface area contributed by atoms with Crippen LogP contribution in [-0.4, -0.2) is 44.2 Å². The van der Waals surface area contributed by atoms with Gasteiger partial charge in [0.15, 0.2) is 6.33 Å². The van der Waals surface area contributed by atoms with E-state index >= 15 is 0 Å². The first-order valence-electron chi connectivity index (χ1n) is 9.91. The number of hydrogen-bond acceptors (Lipinski definition) is 4. The van der Waals surface area contributed by atoms with Gasteiger partial charge in [0.1, 0.15) is 0 Å². The average Bonchev–Trinajstić information content (AvgIpc) is 3.37. The first kappa shape index (κ1) is 17.9. The molecule has 0 radical (unpaired) electrons. The predicted octanol–water partition coefficient (Wildman–Crippen LogP) is 3.61. The van der Waals surface area contributed by atoms with Gasteiger partial charge in [-0.1, -0.05) is 48.5 Å². The van der Waals surface area contributed by atoms with Crippen LogP contribution >= 0.6 is 0 Å². The van der Waals surface area contributed by atoms with E-state index in [-0.39, 0.29) is 0 Å². The predicted molar refractivity (Wildman–Crippen MR) is 107 cm³/mol. The van der Waals surface area contributed by atoms with Crippen molar-refractivity contribution < 1.29 is 0 Å². The zero-order chi connectivity index (χ0) is 18.5.